The van der Waals surface area contributed by atoms with Crippen LogP contribution >= 0.6 is 0 Å². The Kier molecular flexibility index (Phi) is 6.15. The molecule has 1 saturated heterocycles. The van der Waals surface area contributed by atoms with Gasteiger partial charge in [0.25, 0.3) is 17.6 Å². The number of hydrogen-bond donors (Lipinski definition) is 2. The fourth-order valence-corrected chi connectivity index (χ4v) is 3.62. The minimum atomic E-state index is -0.890. The number of nitrogens with one attached hydrogen (secondary N) is 2. The number of halogens is 1. The number of nitriles is 1. The third-order valence-corrected chi connectivity index (χ3v) is 5.34. The molecule has 32 heavy (non-hydrogen) atoms. The normalized spacial score (nSPS) is 13.8. The van der Waals surface area contributed by atoms with Gasteiger partial charge in [-0.3, -0.25) is 14.4 Å². The number of carbonyl (C=O) groups is 3. The van der Waals surface area contributed by atoms with Crippen LogP contribution in [0.15, 0.2) is 18.2 Å². The molecule has 1 aliphatic heterocycles. The molecule has 0 spiro atoms. The van der Waals surface area contributed by atoms with Crippen molar-refractivity contribution >= 4 is 23.3 Å². The number of aromatic nitrogens is 1. The van der Waals surface area contributed by atoms with Gasteiger partial charge in [-0.1, -0.05) is 5.92 Å². The number of benzene rings is 1. The van der Waals surface area contributed by atoms with Gasteiger partial charge in [0.15, 0.2) is 0 Å². The van der Waals surface area contributed by atoms with Crippen LogP contribution in [0.4, 0.5) is 10.1 Å². The van der Waals surface area contributed by atoms with Gasteiger partial charge in [0.2, 0.25) is 0 Å². The molecule has 0 saturated carbocycles. The molecule has 2 aromatic rings. The molecule has 1 aliphatic rings. The molecular formula is C23H21FN4O4. The second-order valence-electron chi connectivity index (χ2n) is 7.49. The molecule has 1 aromatic carbocycles. The number of nitrogens with zero attached hydrogens (tertiary/aromatic N) is 2. The van der Waals surface area contributed by atoms with Crippen molar-refractivity contribution in [2.75, 3.05) is 18.5 Å². The average Bonchev–Trinajstić information content (AvgIpc) is 2.95. The highest BCUT2D eigenvalue weighted by molar-refractivity contribution is 6.44. The van der Waals surface area contributed by atoms with E-state index in [0.29, 0.717) is 11.3 Å². The Morgan fingerprint density at radius 2 is 1.94 bits per heavy atom. The van der Waals surface area contributed by atoms with Crippen molar-refractivity contribution < 1.29 is 23.5 Å². The lowest BCUT2D eigenvalue weighted by Crippen LogP contribution is -2.62. The van der Waals surface area contributed by atoms with Crippen LogP contribution in [-0.4, -0.2) is 40.9 Å². The lowest BCUT2D eigenvalue weighted by atomic mass is 9.97. The van der Waals surface area contributed by atoms with E-state index in [1.807, 2.05) is 0 Å². The van der Waals surface area contributed by atoms with Crippen molar-refractivity contribution in [3.63, 3.8) is 0 Å². The van der Waals surface area contributed by atoms with Gasteiger partial charge < -0.3 is 19.9 Å². The molecule has 0 bridgehead atoms. The summed E-state index contributed by atoms with van der Waals surface area (Å²) >= 11 is 0. The maximum atomic E-state index is 13.5. The molecular weight excluding hydrogens is 415 g/mol. The summed E-state index contributed by atoms with van der Waals surface area (Å²) in [5.41, 5.74) is 0.166. The number of hydrogen-bond acceptors (Lipinski definition) is 5. The Morgan fingerprint density at radius 3 is 2.50 bits per heavy atom. The van der Waals surface area contributed by atoms with Gasteiger partial charge in [0.05, 0.1) is 24.3 Å². The van der Waals surface area contributed by atoms with Crippen LogP contribution in [0.25, 0.3) is 0 Å². The lowest BCUT2D eigenvalue weighted by molar-refractivity contribution is -0.124. The Labute approximate surface area is 184 Å². The van der Waals surface area contributed by atoms with Crippen LogP contribution in [0.5, 0.6) is 0 Å². The van der Waals surface area contributed by atoms with Gasteiger partial charge in [0.1, 0.15) is 23.1 Å². The number of carbonyl (C=O) groups excluding carboxylic acids is 3. The minimum Gasteiger partial charge on any atom is -0.374 e. The summed E-state index contributed by atoms with van der Waals surface area (Å²) in [7, 11) is 1.60. The first-order valence-corrected chi connectivity index (χ1v) is 9.69. The van der Waals surface area contributed by atoms with Crippen molar-refractivity contribution in [3.8, 4) is 17.9 Å². The van der Waals surface area contributed by atoms with Gasteiger partial charge in [-0.2, -0.15) is 5.26 Å². The predicted octanol–water partition coefficient (Wildman–Crippen LogP) is 2.00. The Bertz CT molecular complexity index is 1240. The summed E-state index contributed by atoms with van der Waals surface area (Å²) in [6.45, 7) is 5.21. The van der Waals surface area contributed by atoms with E-state index in [0.717, 1.165) is 6.07 Å². The quantitative estimate of drug-likeness (QED) is 0.423. The van der Waals surface area contributed by atoms with Crippen molar-refractivity contribution in [1.82, 2.24) is 9.88 Å². The van der Waals surface area contributed by atoms with E-state index in [-0.39, 0.29) is 35.7 Å². The van der Waals surface area contributed by atoms with Crippen LogP contribution in [0.1, 0.15) is 44.6 Å². The first-order chi connectivity index (χ1) is 15.1. The largest absolute Gasteiger partial charge is 0.374 e. The van der Waals surface area contributed by atoms with Crippen LogP contribution in [0.2, 0.25) is 0 Å². The molecule has 1 aromatic heterocycles. The van der Waals surface area contributed by atoms with Crippen LogP contribution < -0.4 is 10.6 Å². The molecule has 2 amide bonds. The first-order valence-electron chi connectivity index (χ1n) is 9.69. The molecule has 1 fully saturated rings. The first kappa shape index (κ1) is 22.7. The van der Waals surface area contributed by atoms with E-state index < -0.39 is 29.0 Å². The average molecular weight is 436 g/mol. The van der Waals surface area contributed by atoms with E-state index in [1.165, 1.54) is 16.7 Å². The van der Waals surface area contributed by atoms with E-state index >= 15 is 0 Å². The molecule has 164 valence electrons. The van der Waals surface area contributed by atoms with E-state index in [2.05, 4.69) is 22.5 Å². The molecule has 3 rings (SSSR count). The third kappa shape index (κ3) is 3.98. The number of Topliss-reactive ketones (excluding diaryl/α,β-unsaturated/α-hetero) is 1. The highest BCUT2D eigenvalue weighted by Gasteiger charge is 2.40. The highest BCUT2D eigenvalue weighted by atomic mass is 19.1. The fraction of sp³-hybridized carbons (Fsp3) is 0.304. The maximum absolute atomic E-state index is 13.5. The predicted molar refractivity (Wildman–Crippen MR) is 113 cm³/mol. The molecule has 9 heteroatoms. The fourth-order valence-electron chi connectivity index (χ4n) is 3.62. The molecule has 2 heterocycles. The number of amides is 2. The zero-order valence-corrected chi connectivity index (χ0v) is 18.1. The van der Waals surface area contributed by atoms with Gasteiger partial charge >= 0.3 is 0 Å². The van der Waals surface area contributed by atoms with E-state index in [9.17, 15) is 18.8 Å². The zero-order valence-electron chi connectivity index (χ0n) is 18.1. The summed E-state index contributed by atoms with van der Waals surface area (Å²) in [6.07, 6.45) is 0. The van der Waals surface area contributed by atoms with Crippen molar-refractivity contribution in [1.29, 1.82) is 5.26 Å². The smallest absolute Gasteiger partial charge is 0.293 e. The number of rotatable bonds is 5. The Morgan fingerprint density at radius 1 is 1.25 bits per heavy atom. The second kappa shape index (κ2) is 8.66. The van der Waals surface area contributed by atoms with Crippen LogP contribution in [0.3, 0.4) is 0 Å². The van der Waals surface area contributed by atoms with E-state index in [1.54, 1.807) is 33.9 Å². The Balaban J connectivity index is 1.88. The number of ketones is 1. The maximum Gasteiger partial charge on any atom is 0.293 e. The molecule has 0 aliphatic carbocycles. The van der Waals surface area contributed by atoms with Crippen molar-refractivity contribution in [2.24, 2.45) is 7.05 Å². The van der Waals surface area contributed by atoms with Crippen LogP contribution in [-0.2, 0) is 16.6 Å². The highest BCUT2D eigenvalue weighted by Crippen LogP contribution is 2.24. The van der Waals surface area contributed by atoms with Gasteiger partial charge in [-0.25, -0.2) is 4.39 Å². The summed E-state index contributed by atoms with van der Waals surface area (Å²) < 4.78 is 20.2. The SMILES string of the molecule is CC#CC1(NC(=O)C(=O)c2c(C)c(C(=O)Nc3ccc(F)c(C#N)c3)n(C)c2C)COC1. The topological polar surface area (TPSA) is 113 Å². The molecule has 0 radical (unpaired) electrons. The van der Waals surface area contributed by atoms with Crippen molar-refractivity contribution in [2.45, 2.75) is 26.3 Å². The minimum absolute atomic E-state index is 0.117. The number of ether oxygens (including phenoxy) is 1. The van der Waals surface area contributed by atoms with Gasteiger partial charge in [-0.05, 0) is 44.5 Å². The third-order valence-electron chi connectivity index (χ3n) is 5.34. The molecule has 0 unspecified atom stereocenters. The second-order valence-corrected chi connectivity index (χ2v) is 7.49. The Hall–Kier alpha value is -3.95. The molecule has 0 atom stereocenters. The number of anilines is 1. The summed E-state index contributed by atoms with van der Waals surface area (Å²) in [5, 5.41) is 14.2. The van der Waals surface area contributed by atoms with Crippen LogP contribution in [0, 0.1) is 42.8 Å². The van der Waals surface area contributed by atoms with E-state index in [4.69, 9.17) is 10.00 Å². The molecule has 8 nitrogen and oxygen atoms in total. The summed E-state index contributed by atoms with van der Waals surface area (Å²) in [6, 6.07) is 5.33. The molecule has 2 N–H and O–H groups in total. The zero-order chi connectivity index (χ0) is 23.6. The summed E-state index contributed by atoms with van der Waals surface area (Å²) in [5.74, 6) is 2.70. The summed E-state index contributed by atoms with van der Waals surface area (Å²) in [4.78, 5) is 38.5. The lowest BCUT2D eigenvalue weighted by Gasteiger charge is -2.37. The van der Waals surface area contributed by atoms with Gasteiger partial charge in [0, 0.05) is 18.4 Å². The van der Waals surface area contributed by atoms with Gasteiger partial charge in [-0.15, -0.1) is 5.92 Å². The monoisotopic (exact) mass is 436 g/mol. The van der Waals surface area contributed by atoms with Crippen molar-refractivity contribution in [3.05, 3.63) is 52.1 Å². The standard InChI is InChI=1S/C23H21FN4O4/c1-5-8-23(11-32-12-23)27-22(31)20(29)18-13(2)19(28(4)14(18)3)21(30)26-16-6-7-17(24)15(9-16)10-25/h6-7,9H,11-12H2,1-4H3,(H,26,30)(H,27,31).